The molecule has 0 bridgehead atoms. The van der Waals surface area contributed by atoms with Crippen LogP contribution in [0.2, 0.25) is 0 Å². The highest BCUT2D eigenvalue weighted by atomic mass is 32.1. The summed E-state index contributed by atoms with van der Waals surface area (Å²) in [5.41, 5.74) is 1.28. The summed E-state index contributed by atoms with van der Waals surface area (Å²) in [6.45, 7) is 3.80. The number of nitrogens with one attached hydrogen (secondary N) is 1. The van der Waals surface area contributed by atoms with Crippen LogP contribution in [-0.2, 0) is 16.0 Å². The van der Waals surface area contributed by atoms with Crippen molar-refractivity contribution in [1.29, 1.82) is 0 Å². The number of amides is 1. The maximum absolute atomic E-state index is 11.8. The van der Waals surface area contributed by atoms with Gasteiger partial charge in [0.15, 0.2) is 5.11 Å². The number of thiocarbonyl (C=S) groups is 1. The third-order valence-electron chi connectivity index (χ3n) is 3.27. The van der Waals surface area contributed by atoms with Gasteiger partial charge in [0.25, 0.3) is 5.91 Å². The molecule has 1 atom stereocenters. The maximum Gasteiger partial charge on any atom is 0.250 e. The van der Waals surface area contributed by atoms with Gasteiger partial charge in [0.2, 0.25) is 0 Å². The van der Waals surface area contributed by atoms with Gasteiger partial charge in [-0.25, -0.2) is 0 Å². The van der Waals surface area contributed by atoms with Crippen molar-refractivity contribution in [2.45, 2.75) is 25.8 Å². The second kappa shape index (κ2) is 7.36. The van der Waals surface area contributed by atoms with E-state index in [1.54, 1.807) is 4.90 Å². The smallest absolute Gasteiger partial charge is 0.250 e. The fourth-order valence-electron chi connectivity index (χ4n) is 2.13. The first-order valence-electron chi connectivity index (χ1n) is 6.92. The molecule has 0 spiro atoms. The molecular weight excluding hydrogens is 272 g/mol. The molecule has 1 heterocycles. The van der Waals surface area contributed by atoms with Gasteiger partial charge < -0.3 is 10.1 Å². The summed E-state index contributed by atoms with van der Waals surface area (Å²) < 4.78 is 5.59. The molecule has 4 nitrogen and oxygen atoms in total. The van der Waals surface area contributed by atoms with E-state index in [0.29, 0.717) is 24.9 Å². The van der Waals surface area contributed by atoms with Gasteiger partial charge in [-0.1, -0.05) is 30.3 Å². The third kappa shape index (κ3) is 4.02. The lowest BCUT2D eigenvalue weighted by atomic mass is 10.2. The number of hydrogen-bond donors (Lipinski definition) is 1. The Balaban J connectivity index is 1.58. The van der Waals surface area contributed by atoms with Crippen LogP contribution in [0.5, 0.6) is 0 Å². The molecule has 1 aromatic carbocycles. The van der Waals surface area contributed by atoms with Crippen molar-refractivity contribution in [3.8, 4) is 0 Å². The Hall–Kier alpha value is -1.46. The average Bonchev–Trinajstić information content (AvgIpc) is 2.69. The Morgan fingerprint density at radius 2 is 2.05 bits per heavy atom. The van der Waals surface area contributed by atoms with Crippen molar-refractivity contribution >= 4 is 23.2 Å². The largest absolute Gasteiger partial charge is 0.381 e. The average molecular weight is 292 g/mol. The van der Waals surface area contributed by atoms with Crippen LogP contribution in [0.4, 0.5) is 0 Å². The fourth-order valence-corrected chi connectivity index (χ4v) is 2.49. The first-order valence-corrected chi connectivity index (χ1v) is 7.33. The minimum Gasteiger partial charge on any atom is -0.381 e. The highest BCUT2D eigenvalue weighted by molar-refractivity contribution is 7.80. The summed E-state index contributed by atoms with van der Waals surface area (Å²) >= 11 is 5.11. The second-order valence-electron chi connectivity index (χ2n) is 4.86. The predicted octanol–water partition coefficient (Wildman–Crippen LogP) is 1.74. The molecule has 1 aromatic rings. The Labute approximate surface area is 125 Å². The van der Waals surface area contributed by atoms with E-state index >= 15 is 0 Å². The number of nitrogens with zero attached hydrogens (tertiary/aromatic N) is 1. The van der Waals surface area contributed by atoms with E-state index in [1.165, 1.54) is 5.56 Å². The molecule has 1 N–H and O–H groups in total. The number of carbonyl (C=O) groups is 1. The second-order valence-corrected chi connectivity index (χ2v) is 5.25. The third-order valence-corrected chi connectivity index (χ3v) is 3.61. The summed E-state index contributed by atoms with van der Waals surface area (Å²) in [6, 6.07) is 10.1. The highest BCUT2D eigenvalue weighted by Crippen LogP contribution is 2.07. The van der Waals surface area contributed by atoms with Crippen LogP contribution in [0.3, 0.4) is 0 Å². The van der Waals surface area contributed by atoms with E-state index in [-0.39, 0.29) is 11.9 Å². The summed E-state index contributed by atoms with van der Waals surface area (Å²) in [6.07, 6.45) is 1.72. The van der Waals surface area contributed by atoms with E-state index in [9.17, 15) is 4.79 Å². The zero-order valence-corrected chi connectivity index (χ0v) is 12.5. The van der Waals surface area contributed by atoms with Crippen LogP contribution in [-0.4, -0.2) is 41.7 Å². The maximum atomic E-state index is 11.8. The van der Waals surface area contributed by atoms with Crippen molar-refractivity contribution in [2.24, 2.45) is 0 Å². The van der Waals surface area contributed by atoms with E-state index in [1.807, 2.05) is 25.1 Å². The molecule has 0 saturated carbocycles. The zero-order chi connectivity index (χ0) is 14.4. The van der Waals surface area contributed by atoms with E-state index < -0.39 is 0 Å². The number of rotatable bonds is 7. The Kier molecular flexibility index (Phi) is 5.49. The van der Waals surface area contributed by atoms with Crippen LogP contribution in [0, 0.1) is 0 Å². The lowest BCUT2D eigenvalue weighted by Crippen LogP contribution is -2.32. The van der Waals surface area contributed by atoms with Gasteiger partial charge in [-0.2, -0.15) is 0 Å². The summed E-state index contributed by atoms with van der Waals surface area (Å²) in [7, 11) is 0. The van der Waals surface area contributed by atoms with Gasteiger partial charge in [0.05, 0.1) is 6.61 Å². The molecule has 1 fully saturated rings. The van der Waals surface area contributed by atoms with Crippen LogP contribution in [0.15, 0.2) is 30.3 Å². The predicted molar refractivity (Wildman–Crippen MR) is 82.5 cm³/mol. The first kappa shape index (κ1) is 14.9. The molecule has 1 saturated heterocycles. The minimum absolute atomic E-state index is 0.0549. The topological polar surface area (TPSA) is 41.6 Å². The number of hydrogen-bond acceptors (Lipinski definition) is 3. The molecule has 0 aliphatic carbocycles. The van der Waals surface area contributed by atoms with Gasteiger partial charge in [-0.3, -0.25) is 9.69 Å². The van der Waals surface area contributed by atoms with Crippen molar-refractivity contribution < 1.29 is 9.53 Å². The number of ether oxygens (including phenoxy) is 1. The quantitative estimate of drug-likeness (QED) is 0.614. The Bertz CT molecular complexity index is 464. The van der Waals surface area contributed by atoms with Crippen LogP contribution in [0.25, 0.3) is 0 Å². The molecule has 1 unspecified atom stereocenters. The molecule has 0 radical (unpaired) electrons. The lowest BCUT2D eigenvalue weighted by Gasteiger charge is -2.14. The molecule has 0 aromatic heterocycles. The summed E-state index contributed by atoms with van der Waals surface area (Å²) in [5, 5.41) is 3.49. The number of carbonyl (C=O) groups excluding carboxylic acids is 1. The van der Waals surface area contributed by atoms with Gasteiger partial charge >= 0.3 is 0 Å². The molecule has 108 valence electrons. The van der Waals surface area contributed by atoms with Gasteiger partial charge in [-0.15, -0.1) is 0 Å². The van der Waals surface area contributed by atoms with Crippen molar-refractivity contribution in [1.82, 2.24) is 10.2 Å². The molecule has 1 aliphatic heterocycles. The molecule has 2 rings (SSSR count). The Morgan fingerprint density at radius 1 is 1.30 bits per heavy atom. The van der Waals surface area contributed by atoms with Gasteiger partial charge in [0.1, 0.15) is 6.04 Å². The van der Waals surface area contributed by atoms with Crippen LogP contribution < -0.4 is 5.32 Å². The van der Waals surface area contributed by atoms with E-state index in [4.69, 9.17) is 17.0 Å². The van der Waals surface area contributed by atoms with Gasteiger partial charge in [-0.05, 0) is 37.5 Å². The Morgan fingerprint density at radius 3 is 2.70 bits per heavy atom. The van der Waals surface area contributed by atoms with Crippen molar-refractivity contribution in [2.75, 3.05) is 19.8 Å². The van der Waals surface area contributed by atoms with Crippen molar-refractivity contribution in [3.05, 3.63) is 35.9 Å². The van der Waals surface area contributed by atoms with Crippen molar-refractivity contribution in [3.63, 3.8) is 0 Å². The molecule has 1 amide bonds. The summed E-state index contributed by atoms with van der Waals surface area (Å²) in [4.78, 5) is 13.4. The number of benzene rings is 1. The molecular formula is C15H20N2O2S. The molecule has 5 heteroatoms. The summed E-state index contributed by atoms with van der Waals surface area (Å²) in [5.74, 6) is 0.0549. The molecule has 20 heavy (non-hydrogen) atoms. The standard InChI is InChI=1S/C15H20N2O2S/c1-12-14(18)17(15(20)16-12)9-5-10-19-11-8-13-6-3-2-4-7-13/h2-4,6-7,12H,5,8-11H2,1H3,(H,16,20). The van der Waals surface area contributed by atoms with E-state index in [0.717, 1.165) is 12.8 Å². The first-order chi connectivity index (χ1) is 9.68. The lowest BCUT2D eigenvalue weighted by molar-refractivity contribution is -0.126. The minimum atomic E-state index is -0.193. The monoisotopic (exact) mass is 292 g/mol. The fraction of sp³-hybridized carbons (Fsp3) is 0.467. The zero-order valence-electron chi connectivity index (χ0n) is 11.7. The van der Waals surface area contributed by atoms with E-state index in [2.05, 4.69) is 17.4 Å². The highest BCUT2D eigenvalue weighted by Gasteiger charge is 2.31. The van der Waals surface area contributed by atoms with Crippen LogP contribution >= 0.6 is 12.2 Å². The SMILES string of the molecule is CC1NC(=S)N(CCCOCCc2ccccc2)C1=O. The van der Waals surface area contributed by atoms with Crippen LogP contribution in [0.1, 0.15) is 18.9 Å². The normalized spacial score (nSPS) is 18.4. The molecule has 1 aliphatic rings. The van der Waals surface area contributed by atoms with Gasteiger partial charge in [0, 0.05) is 13.2 Å².